The molecule has 0 fully saturated rings. The third-order valence-corrected chi connectivity index (χ3v) is 7.11. The third kappa shape index (κ3) is 3.47. The molecule has 1 aromatic carbocycles. The second-order valence-corrected chi connectivity index (χ2v) is 9.87. The SMILES string of the molecule is CCc1sc(C#N)cc1[C@@H](CC)c1ccccc1-c1c[nH]nc1P(C)C. The minimum absolute atomic E-state index is 0.284. The molecule has 2 aromatic heterocycles. The summed E-state index contributed by atoms with van der Waals surface area (Å²) in [6.07, 6.45) is 4.00. The van der Waals surface area contributed by atoms with Crippen LogP contribution >= 0.6 is 19.3 Å². The number of H-pyrrole nitrogens is 1. The van der Waals surface area contributed by atoms with Crippen molar-refractivity contribution in [2.24, 2.45) is 0 Å². The molecule has 1 atom stereocenters. The number of thiophene rings is 1. The van der Waals surface area contributed by atoms with Crippen LogP contribution in [0.4, 0.5) is 0 Å². The van der Waals surface area contributed by atoms with Crippen LogP contribution < -0.4 is 5.44 Å². The first-order valence-corrected chi connectivity index (χ1v) is 12.0. The molecule has 5 heteroatoms. The first kappa shape index (κ1) is 18.8. The Bertz CT molecular complexity index is 933. The van der Waals surface area contributed by atoms with Crippen molar-refractivity contribution in [3.05, 3.63) is 57.4 Å². The van der Waals surface area contributed by atoms with Crippen molar-refractivity contribution in [2.45, 2.75) is 32.6 Å². The van der Waals surface area contributed by atoms with Gasteiger partial charge in [-0.25, -0.2) is 0 Å². The lowest BCUT2D eigenvalue weighted by molar-refractivity contribution is 0.773. The molecular formula is C21H24N3PS. The summed E-state index contributed by atoms with van der Waals surface area (Å²) in [5.41, 5.74) is 6.27. The van der Waals surface area contributed by atoms with Crippen LogP contribution in [-0.2, 0) is 6.42 Å². The van der Waals surface area contributed by atoms with Gasteiger partial charge in [0, 0.05) is 22.6 Å². The topological polar surface area (TPSA) is 52.5 Å². The minimum Gasteiger partial charge on any atom is -0.284 e. The molecule has 3 aromatic rings. The van der Waals surface area contributed by atoms with Crippen LogP contribution in [0.5, 0.6) is 0 Å². The van der Waals surface area contributed by atoms with Crippen LogP contribution in [0, 0.1) is 11.3 Å². The van der Waals surface area contributed by atoms with Gasteiger partial charge in [0.15, 0.2) is 0 Å². The number of aromatic nitrogens is 2. The predicted molar refractivity (Wildman–Crippen MR) is 113 cm³/mol. The van der Waals surface area contributed by atoms with Gasteiger partial charge in [-0.3, -0.25) is 5.10 Å². The molecule has 2 heterocycles. The molecule has 0 saturated heterocycles. The molecule has 0 saturated carbocycles. The number of nitrogens with zero attached hydrogens (tertiary/aromatic N) is 2. The van der Waals surface area contributed by atoms with Crippen LogP contribution in [0.1, 0.15) is 47.1 Å². The van der Waals surface area contributed by atoms with E-state index in [4.69, 9.17) is 0 Å². The molecule has 0 aliphatic heterocycles. The van der Waals surface area contributed by atoms with Gasteiger partial charge in [-0.2, -0.15) is 10.4 Å². The van der Waals surface area contributed by atoms with E-state index in [2.05, 4.69) is 73.8 Å². The molecule has 0 aliphatic rings. The Morgan fingerprint density at radius 2 is 1.96 bits per heavy atom. The van der Waals surface area contributed by atoms with Crippen molar-refractivity contribution in [1.29, 1.82) is 5.26 Å². The standard InChI is InChI=1S/C21H24N3PS/c1-5-15(18-11-14(12-22)26-20(18)6-2)16-9-7-8-10-17(16)19-13-23-24-21(19)25(3)4/h7-11,13,15H,5-6H2,1-4H3,(H,23,24)/t15-/m0/s1. The molecule has 3 rings (SSSR count). The van der Waals surface area contributed by atoms with Gasteiger partial charge in [-0.15, -0.1) is 11.3 Å². The zero-order valence-corrected chi connectivity index (χ0v) is 17.4. The average molecular weight is 381 g/mol. The van der Waals surface area contributed by atoms with E-state index in [1.54, 1.807) is 11.3 Å². The van der Waals surface area contributed by atoms with Gasteiger partial charge in [0.1, 0.15) is 10.9 Å². The van der Waals surface area contributed by atoms with Gasteiger partial charge in [-0.1, -0.05) is 46.0 Å². The fourth-order valence-corrected chi connectivity index (χ4v) is 5.43. The van der Waals surface area contributed by atoms with Gasteiger partial charge >= 0.3 is 0 Å². The number of nitriles is 1. The van der Waals surface area contributed by atoms with Crippen molar-refractivity contribution in [3.8, 4) is 17.2 Å². The summed E-state index contributed by atoms with van der Waals surface area (Å²) < 4.78 is 0. The number of aryl methyl sites for hydroxylation is 1. The summed E-state index contributed by atoms with van der Waals surface area (Å²) in [4.78, 5) is 2.13. The lowest BCUT2D eigenvalue weighted by Gasteiger charge is -2.20. The maximum absolute atomic E-state index is 9.35. The Balaban J connectivity index is 2.16. The second kappa shape index (κ2) is 8.16. The molecule has 26 heavy (non-hydrogen) atoms. The molecule has 0 unspecified atom stereocenters. The Hall–Kier alpha value is -1.95. The molecule has 0 bridgehead atoms. The second-order valence-electron chi connectivity index (χ2n) is 6.52. The zero-order valence-electron chi connectivity index (χ0n) is 15.7. The number of nitrogens with one attached hydrogen (secondary N) is 1. The highest BCUT2D eigenvalue weighted by atomic mass is 32.1. The molecule has 0 amide bonds. The van der Waals surface area contributed by atoms with E-state index in [-0.39, 0.29) is 7.92 Å². The zero-order chi connectivity index (χ0) is 18.7. The van der Waals surface area contributed by atoms with E-state index >= 15 is 0 Å². The first-order valence-electron chi connectivity index (χ1n) is 8.93. The quantitative estimate of drug-likeness (QED) is 0.575. The smallest absolute Gasteiger partial charge is 0.110 e. The number of rotatable bonds is 6. The maximum atomic E-state index is 9.35. The highest BCUT2D eigenvalue weighted by Gasteiger charge is 2.23. The fraction of sp³-hybridized carbons (Fsp3) is 0.333. The van der Waals surface area contributed by atoms with Crippen molar-refractivity contribution in [1.82, 2.24) is 10.2 Å². The van der Waals surface area contributed by atoms with Gasteiger partial charge in [0.05, 0.1) is 5.44 Å². The lowest BCUT2D eigenvalue weighted by Crippen LogP contribution is -2.08. The van der Waals surface area contributed by atoms with Crippen molar-refractivity contribution >= 4 is 24.7 Å². The van der Waals surface area contributed by atoms with Gasteiger partial charge in [0.2, 0.25) is 0 Å². The van der Waals surface area contributed by atoms with E-state index in [1.807, 2.05) is 6.20 Å². The molecule has 3 nitrogen and oxygen atoms in total. The van der Waals surface area contributed by atoms with Gasteiger partial charge in [-0.05, 0) is 48.9 Å². The highest BCUT2D eigenvalue weighted by Crippen LogP contribution is 2.40. The molecule has 0 spiro atoms. The largest absolute Gasteiger partial charge is 0.284 e. The van der Waals surface area contributed by atoms with E-state index in [0.717, 1.165) is 17.7 Å². The fourth-order valence-electron chi connectivity index (χ4n) is 3.54. The highest BCUT2D eigenvalue weighted by molar-refractivity contribution is 7.64. The monoisotopic (exact) mass is 381 g/mol. The van der Waals surface area contributed by atoms with Crippen LogP contribution in [0.3, 0.4) is 0 Å². The van der Waals surface area contributed by atoms with Crippen molar-refractivity contribution in [3.63, 3.8) is 0 Å². The normalized spacial score (nSPS) is 12.3. The first-order chi connectivity index (χ1) is 12.6. The Labute approximate surface area is 160 Å². The molecular weight excluding hydrogens is 357 g/mol. The number of hydrogen-bond acceptors (Lipinski definition) is 3. The number of benzene rings is 1. The average Bonchev–Trinajstić information content (AvgIpc) is 3.30. The van der Waals surface area contributed by atoms with Crippen molar-refractivity contribution < 1.29 is 0 Å². The van der Waals surface area contributed by atoms with E-state index < -0.39 is 0 Å². The summed E-state index contributed by atoms with van der Waals surface area (Å²) >= 11 is 1.63. The Morgan fingerprint density at radius 3 is 2.62 bits per heavy atom. The predicted octanol–water partition coefficient (Wildman–Crippen LogP) is 5.48. The summed E-state index contributed by atoms with van der Waals surface area (Å²) in [5, 5.41) is 16.9. The molecule has 0 radical (unpaired) electrons. The van der Waals surface area contributed by atoms with Gasteiger partial charge < -0.3 is 0 Å². The van der Waals surface area contributed by atoms with E-state index in [1.165, 1.54) is 32.6 Å². The Morgan fingerprint density at radius 1 is 1.19 bits per heavy atom. The lowest BCUT2D eigenvalue weighted by atomic mass is 9.84. The Kier molecular flexibility index (Phi) is 5.91. The summed E-state index contributed by atoms with van der Waals surface area (Å²) in [5.74, 6) is 0.294. The van der Waals surface area contributed by atoms with Gasteiger partial charge in [0.25, 0.3) is 0 Å². The van der Waals surface area contributed by atoms with Crippen molar-refractivity contribution in [2.75, 3.05) is 13.3 Å². The molecule has 134 valence electrons. The van der Waals surface area contributed by atoms with E-state index in [0.29, 0.717) is 5.92 Å². The minimum atomic E-state index is -0.284. The molecule has 1 N–H and O–H groups in total. The number of hydrogen-bond donors (Lipinski definition) is 1. The van der Waals surface area contributed by atoms with E-state index in [9.17, 15) is 5.26 Å². The van der Waals surface area contributed by atoms with Crippen LogP contribution in [0.15, 0.2) is 36.5 Å². The molecule has 0 aliphatic carbocycles. The summed E-state index contributed by atoms with van der Waals surface area (Å²) in [6, 6.07) is 13.1. The van der Waals surface area contributed by atoms with Crippen LogP contribution in [0.25, 0.3) is 11.1 Å². The summed E-state index contributed by atoms with van der Waals surface area (Å²) in [7, 11) is -0.284. The maximum Gasteiger partial charge on any atom is 0.110 e. The number of aromatic amines is 1. The van der Waals surface area contributed by atoms with Crippen LogP contribution in [0.2, 0.25) is 0 Å². The summed E-state index contributed by atoms with van der Waals surface area (Å²) in [6.45, 7) is 8.88. The van der Waals surface area contributed by atoms with Crippen LogP contribution in [-0.4, -0.2) is 23.5 Å². The third-order valence-electron chi connectivity index (χ3n) is 4.73.